The number of anilines is 1. The van der Waals surface area contributed by atoms with Crippen molar-refractivity contribution in [3.63, 3.8) is 0 Å². The van der Waals surface area contributed by atoms with Gasteiger partial charge in [-0.25, -0.2) is 4.98 Å². The quantitative estimate of drug-likeness (QED) is 0.672. The van der Waals surface area contributed by atoms with Crippen molar-refractivity contribution in [2.24, 2.45) is 0 Å². The maximum atomic E-state index is 9.49. The van der Waals surface area contributed by atoms with Gasteiger partial charge in [-0.2, -0.15) is 15.5 Å². The Morgan fingerprint density at radius 3 is 2.04 bits per heavy atom. The Labute approximate surface area is 133 Å². The molecule has 3 heterocycles. The normalized spacial score (nSPS) is 10.7. The third kappa shape index (κ3) is 2.25. The Morgan fingerprint density at radius 2 is 1.57 bits per heavy atom. The summed E-state index contributed by atoms with van der Waals surface area (Å²) in [5.41, 5.74) is 13.1. The Balaban J connectivity index is 2.34. The smallest absolute Gasteiger partial charge is 0.142 e. The summed E-state index contributed by atoms with van der Waals surface area (Å²) in [5.74, 6) is 0.208. The van der Waals surface area contributed by atoms with Gasteiger partial charge in [0.15, 0.2) is 0 Å². The summed E-state index contributed by atoms with van der Waals surface area (Å²) < 4.78 is 0. The van der Waals surface area contributed by atoms with E-state index < -0.39 is 0 Å². The van der Waals surface area contributed by atoms with E-state index in [2.05, 4.69) is 31.4 Å². The monoisotopic (exact) mass is 307 g/mol. The first kappa shape index (κ1) is 14.8. The zero-order valence-corrected chi connectivity index (χ0v) is 13.4. The Morgan fingerprint density at radius 1 is 1.00 bits per heavy atom. The van der Waals surface area contributed by atoms with E-state index in [0.717, 1.165) is 39.5 Å². The summed E-state index contributed by atoms with van der Waals surface area (Å²) in [4.78, 5) is 4.40. The fourth-order valence-electron chi connectivity index (χ4n) is 2.88. The average molecular weight is 307 g/mol. The van der Waals surface area contributed by atoms with Crippen molar-refractivity contribution in [3.05, 3.63) is 34.4 Å². The lowest BCUT2D eigenvalue weighted by molar-refractivity contribution is 1.02. The van der Waals surface area contributed by atoms with Crippen LogP contribution in [0.3, 0.4) is 0 Å². The molecule has 0 saturated carbocycles. The van der Waals surface area contributed by atoms with Gasteiger partial charge in [0, 0.05) is 28.1 Å². The van der Waals surface area contributed by atoms with Crippen molar-refractivity contribution < 1.29 is 0 Å². The molecule has 0 aliphatic carbocycles. The van der Waals surface area contributed by atoms with Crippen molar-refractivity contribution in [2.75, 3.05) is 5.73 Å². The molecule has 0 unspecified atom stereocenters. The first-order chi connectivity index (χ1) is 10.9. The van der Waals surface area contributed by atoms with E-state index in [0.29, 0.717) is 11.3 Å². The predicted octanol–water partition coefficient (Wildman–Crippen LogP) is 2.55. The van der Waals surface area contributed by atoms with E-state index in [1.165, 1.54) is 0 Å². The molecule has 0 radical (unpaired) electrons. The Hall–Kier alpha value is -3.14. The molecule has 7 nitrogen and oxygen atoms in total. The van der Waals surface area contributed by atoms with E-state index in [4.69, 9.17) is 5.73 Å². The third-order valence-electron chi connectivity index (χ3n) is 3.94. The molecule has 7 heteroatoms. The fourth-order valence-corrected chi connectivity index (χ4v) is 2.88. The highest BCUT2D eigenvalue weighted by Gasteiger charge is 2.20. The summed E-state index contributed by atoms with van der Waals surface area (Å²) >= 11 is 0. The van der Waals surface area contributed by atoms with Gasteiger partial charge < -0.3 is 5.73 Å². The number of nitrogens with zero attached hydrogens (tertiary/aromatic N) is 4. The first-order valence-electron chi connectivity index (χ1n) is 7.18. The SMILES string of the molecule is Cc1n[nH]c(C)c1-c1cc(-c2c(C)n[nH]c2C)c(C#N)c(N)n1. The number of pyridine rings is 1. The van der Waals surface area contributed by atoms with Crippen molar-refractivity contribution in [3.8, 4) is 28.5 Å². The number of H-pyrrole nitrogens is 2. The number of aromatic amines is 2. The third-order valence-corrected chi connectivity index (χ3v) is 3.94. The number of nitriles is 1. The van der Waals surface area contributed by atoms with Crippen LogP contribution < -0.4 is 5.73 Å². The summed E-state index contributed by atoms with van der Waals surface area (Å²) in [6.07, 6.45) is 0. The van der Waals surface area contributed by atoms with Gasteiger partial charge in [0.05, 0.1) is 17.1 Å². The van der Waals surface area contributed by atoms with E-state index in [1.54, 1.807) is 0 Å². The number of nitrogens with one attached hydrogen (secondary N) is 2. The molecule has 0 saturated heterocycles. The molecule has 4 N–H and O–H groups in total. The lowest BCUT2D eigenvalue weighted by atomic mass is 9.96. The largest absolute Gasteiger partial charge is 0.383 e. The summed E-state index contributed by atoms with van der Waals surface area (Å²) in [6.45, 7) is 7.65. The minimum absolute atomic E-state index is 0.208. The van der Waals surface area contributed by atoms with Gasteiger partial charge in [0.1, 0.15) is 17.5 Å². The van der Waals surface area contributed by atoms with Gasteiger partial charge in [-0.15, -0.1) is 0 Å². The van der Waals surface area contributed by atoms with Gasteiger partial charge in [-0.3, -0.25) is 10.2 Å². The number of aromatic nitrogens is 5. The second-order valence-corrected chi connectivity index (χ2v) is 5.55. The van der Waals surface area contributed by atoms with Crippen molar-refractivity contribution >= 4 is 5.82 Å². The van der Waals surface area contributed by atoms with Gasteiger partial charge in [-0.05, 0) is 33.8 Å². The van der Waals surface area contributed by atoms with E-state index in [1.807, 2.05) is 33.8 Å². The number of hydrogen-bond donors (Lipinski definition) is 3. The molecule has 23 heavy (non-hydrogen) atoms. The first-order valence-corrected chi connectivity index (χ1v) is 7.18. The number of nitrogen functional groups attached to an aromatic ring is 1. The molecule has 3 aromatic heterocycles. The van der Waals surface area contributed by atoms with Crippen molar-refractivity contribution in [1.29, 1.82) is 5.26 Å². The lowest BCUT2D eigenvalue weighted by Crippen LogP contribution is -2.01. The van der Waals surface area contributed by atoms with Crippen LogP contribution in [0.15, 0.2) is 6.07 Å². The standard InChI is InChI=1S/C16H17N7/c1-7-14(8(2)21-20-7)11-5-13(19-16(18)12(11)6-17)15-9(3)22-23-10(15)4/h5H,1-4H3,(H2,18,19)(H,20,21)(H,22,23). The van der Waals surface area contributed by atoms with Crippen LogP contribution in [0.4, 0.5) is 5.82 Å². The van der Waals surface area contributed by atoms with Crippen molar-refractivity contribution in [2.45, 2.75) is 27.7 Å². The average Bonchev–Trinajstić information content (AvgIpc) is 3.00. The van der Waals surface area contributed by atoms with E-state index in [-0.39, 0.29) is 5.82 Å². The molecule has 3 rings (SSSR count). The minimum atomic E-state index is 0.208. The van der Waals surface area contributed by atoms with Gasteiger partial charge >= 0.3 is 0 Å². The molecule has 0 amide bonds. The molecule has 0 spiro atoms. The molecule has 0 atom stereocenters. The maximum absolute atomic E-state index is 9.49. The second kappa shape index (κ2) is 5.25. The van der Waals surface area contributed by atoms with Crippen LogP contribution in [-0.4, -0.2) is 25.4 Å². The second-order valence-electron chi connectivity index (χ2n) is 5.55. The van der Waals surface area contributed by atoms with Crippen LogP contribution in [-0.2, 0) is 0 Å². The van der Waals surface area contributed by atoms with Crippen LogP contribution in [0.25, 0.3) is 22.4 Å². The van der Waals surface area contributed by atoms with Crippen LogP contribution in [0.1, 0.15) is 28.3 Å². The van der Waals surface area contributed by atoms with Gasteiger partial charge in [-0.1, -0.05) is 0 Å². The highest BCUT2D eigenvalue weighted by atomic mass is 15.1. The Kier molecular flexibility index (Phi) is 3.37. The van der Waals surface area contributed by atoms with Crippen molar-refractivity contribution in [1.82, 2.24) is 25.4 Å². The number of aryl methyl sites for hydroxylation is 4. The van der Waals surface area contributed by atoms with Gasteiger partial charge in [0.2, 0.25) is 0 Å². The highest BCUT2D eigenvalue weighted by molar-refractivity contribution is 5.82. The zero-order chi connectivity index (χ0) is 16.7. The fraction of sp³-hybridized carbons (Fsp3) is 0.250. The molecular formula is C16H17N7. The molecule has 0 aromatic carbocycles. The highest BCUT2D eigenvalue weighted by Crippen LogP contribution is 2.35. The number of hydrogen-bond acceptors (Lipinski definition) is 5. The number of rotatable bonds is 2. The van der Waals surface area contributed by atoms with Crippen LogP contribution in [0, 0.1) is 39.0 Å². The van der Waals surface area contributed by atoms with E-state index >= 15 is 0 Å². The lowest BCUT2D eigenvalue weighted by Gasteiger charge is -2.10. The number of nitrogens with two attached hydrogens (primary N) is 1. The maximum Gasteiger partial charge on any atom is 0.142 e. The molecule has 0 aliphatic rings. The van der Waals surface area contributed by atoms with Crippen LogP contribution >= 0.6 is 0 Å². The topological polar surface area (TPSA) is 120 Å². The molecule has 0 aliphatic heterocycles. The molecule has 116 valence electrons. The summed E-state index contributed by atoms with van der Waals surface area (Å²) in [6, 6.07) is 4.04. The van der Waals surface area contributed by atoms with Gasteiger partial charge in [0.25, 0.3) is 0 Å². The van der Waals surface area contributed by atoms with E-state index in [9.17, 15) is 5.26 Å². The summed E-state index contributed by atoms with van der Waals surface area (Å²) in [5, 5.41) is 23.8. The van der Waals surface area contributed by atoms with Crippen LogP contribution in [0.2, 0.25) is 0 Å². The Bertz CT molecular complexity index is 901. The minimum Gasteiger partial charge on any atom is -0.383 e. The zero-order valence-electron chi connectivity index (χ0n) is 13.4. The predicted molar refractivity (Wildman–Crippen MR) is 87.5 cm³/mol. The van der Waals surface area contributed by atoms with Crippen LogP contribution in [0.5, 0.6) is 0 Å². The molecule has 0 fully saturated rings. The molecule has 3 aromatic rings. The summed E-state index contributed by atoms with van der Waals surface area (Å²) in [7, 11) is 0. The molecule has 0 bridgehead atoms. The molecular weight excluding hydrogens is 290 g/mol.